The van der Waals surface area contributed by atoms with E-state index in [1.165, 1.54) is 12.1 Å². The van der Waals surface area contributed by atoms with Crippen LogP contribution in [0.2, 0.25) is 0 Å². The molecule has 1 fully saturated rings. The van der Waals surface area contributed by atoms with Gasteiger partial charge in [0, 0.05) is 17.1 Å². The Kier molecular flexibility index (Phi) is 6.05. The molecule has 1 amide bonds. The van der Waals surface area contributed by atoms with Gasteiger partial charge in [-0.1, -0.05) is 15.9 Å². The van der Waals surface area contributed by atoms with Crippen molar-refractivity contribution in [3.8, 4) is 0 Å². The average molecular weight is 338 g/mol. The second kappa shape index (κ2) is 7.07. The molecule has 1 heterocycles. The maximum absolute atomic E-state index is 13.5. The minimum absolute atomic E-state index is 0. The molecule has 1 saturated heterocycles. The van der Waals surface area contributed by atoms with Gasteiger partial charge in [-0.05, 0) is 37.6 Å². The minimum atomic E-state index is -0.503. The zero-order valence-corrected chi connectivity index (χ0v) is 12.1. The van der Waals surface area contributed by atoms with Crippen LogP contribution < -0.4 is 10.6 Å². The van der Waals surface area contributed by atoms with Gasteiger partial charge in [0.2, 0.25) is 0 Å². The molecule has 0 saturated carbocycles. The van der Waals surface area contributed by atoms with Crippen molar-refractivity contribution in [3.05, 3.63) is 34.1 Å². The zero-order chi connectivity index (χ0) is 12.3. The van der Waals surface area contributed by atoms with Crippen LogP contribution in [-0.4, -0.2) is 25.0 Å². The number of nitrogens with one attached hydrogen (secondary N) is 2. The molecular weight excluding hydrogens is 323 g/mol. The Hall–Kier alpha value is -0.650. The number of amides is 1. The van der Waals surface area contributed by atoms with Gasteiger partial charge in [0.1, 0.15) is 5.82 Å². The van der Waals surface area contributed by atoms with Gasteiger partial charge in [-0.3, -0.25) is 4.79 Å². The van der Waals surface area contributed by atoms with E-state index in [-0.39, 0.29) is 23.9 Å². The molecule has 2 rings (SSSR count). The topological polar surface area (TPSA) is 41.1 Å². The van der Waals surface area contributed by atoms with Gasteiger partial charge >= 0.3 is 0 Å². The third-order valence-electron chi connectivity index (χ3n) is 2.85. The van der Waals surface area contributed by atoms with Crippen molar-refractivity contribution < 1.29 is 9.18 Å². The molecule has 6 heteroatoms. The summed E-state index contributed by atoms with van der Waals surface area (Å²) in [5.74, 6) is -0.861. The van der Waals surface area contributed by atoms with Crippen molar-refractivity contribution in [1.82, 2.24) is 10.6 Å². The lowest BCUT2D eigenvalue weighted by atomic mass is 10.2. The maximum atomic E-state index is 13.5. The van der Waals surface area contributed by atoms with E-state index >= 15 is 0 Å². The van der Waals surface area contributed by atoms with Crippen LogP contribution in [0, 0.1) is 5.82 Å². The van der Waals surface area contributed by atoms with Crippen molar-refractivity contribution >= 4 is 34.2 Å². The van der Waals surface area contributed by atoms with Gasteiger partial charge < -0.3 is 10.6 Å². The predicted molar refractivity (Wildman–Crippen MR) is 74.7 cm³/mol. The van der Waals surface area contributed by atoms with E-state index in [0.717, 1.165) is 19.4 Å². The van der Waals surface area contributed by atoms with Crippen molar-refractivity contribution in [1.29, 1.82) is 0 Å². The van der Waals surface area contributed by atoms with Gasteiger partial charge in [-0.15, -0.1) is 12.4 Å². The maximum Gasteiger partial charge on any atom is 0.254 e. The van der Waals surface area contributed by atoms with E-state index in [9.17, 15) is 9.18 Å². The highest BCUT2D eigenvalue weighted by Crippen LogP contribution is 2.15. The lowest BCUT2D eigenvalue weighted by molar-refractivity contribution is 0.0946. The van der Waals surface area contributed by atoms with Crippen molar-refractivity contribution in [2.24, 2.45) is 0 Å². The van der Waals surface area contributed by atoms with Gasteiger partial charge in [0.15, 0.2) is 0 Å². The summed E-state index contributed by atoms with van der Waals surface area (Å²) in [6, 6.07) is 4.75. The summed E-state index contributed by atoms with van der Waals surface area (Å²) in [6.45, 7) is 1.54. The van der Waals surface area contributed by atoms with Crippen LogP contribution in [0.1, 0.15) is 23.2 Å². The SMILES string of the molecule is Cl.O=C(NCC1CCCN1)c1ccc(Br)cc1F. The highest BCUT2D eigenvalue weighted by molar-refractivity contribution is 9.10. The van der Waals surface area contributed by atoms with Crippen LogP contribution in [0.25, 0.3) is 0 Å². The van der Waals surface area contributed by atoms with Crippen LogP contribution in [0.4, 0.5) is 4.39 Å². The first kappa shape index (κ1) is 15.4. The summed E-state index contributed by atoms with van der Waals surface area (Å²) >= 11 is 3.16. The highest BCUT2D eigenvalue weighted by Gasteiger charge is 2.16. The van der Waals surface area contributed by atoms with Crippen LogP contribution in [0.15, 0.2) is 22.7 Å². The first-order valence-corrected chi connectivity index (χ1v) is 6.43. The van der Waals surface area contributed by atoms with Gasteiger partial charge in [0.25, 0.3) is 5.91 Å². The number of hydrogen-bond donors (Lipinski definition) is 2. The number of carbonyl (C=O) groups is 1. The largest absolute Gasteiger partial charge is 0.350 e. The number of benzene rings is 1. The van der Waals surface area contributed by atoms with Crippen molar-refractivity contribution in [3.63, 3.8) is 0 Å². The second-order valence-corrected chi connectivity index (χ2v) is 5.04. The van der Waals surface area contributed by atoms with E-state index in [1.54, 1.807) is 6.07 Å². The molecule has 100 valence electrons. The monoisotopic (exact) mass is 336 g/mol. The molecule has 0 aliphatic carbocycles. The quantitative estimate of drug-likeness (QED) is 0.890. The fraction of sp³-hybridized carbons (Fsp3) is 0.417. The normalized spacial score (nSPS) is 18.2. The lowest BCUT2D eigenvalue weighted by Gasteiger charge is -2.11. The fourth-order valence-corrected chi connectivity index (χ4v) is 2.25. The lowest BCUT2D eigenvalue weighted by Crippen LogP contribution is -2.37. The highest BCUT2D eigenvalue weighted by atomic mass is 79.9. The predicted octanol–water partition coefficient (Wildman–Crippen LogP) is 2.49. The molecule has 0 bridgehead atoms. The number of halogens is 3. The molecule has 0 spiro atoms. The van der Waals surface area contributed by atoms with Crippen molar-refractivity contribution in [2.75, 3.05) is 13.1 Å². The smallest absolute Gasteiger partial charge is 0.254 e. The summed E-state index contributed by atoms with van der Waals surface area (Å²) in [7, 11) is 0. The molecule has 1 aromatic rings. The van der Waals surface area contributed by atoms with Crippen LogP contribution >= 0.6 is 28.3 Å². The molecule has 1 aliphatic heterocycles. The van der Waals surface area contributed by atoms with Crippen LogP contribution in [0.3, 0.4) is 0 Å². The molecule has 1 unspecified atom stereocenters. The van der Waals surface area contributed by atoms with Gasteiger partial charge in [0.05, 0.1) is 5.56 Å². The first-order valence-electron chi connectivity index (χ1n) is 5.63. The minimum Gasteiger partial charge on any atom is -0.350 e. The molecule has 0 aromatic heterocycles. The molecule has 1 aliphatic rings. The Morgan fingerprint density at radius 2 is 2.33 bits per heavy atom. The Morgan fingerprint density at radius 1 is 1.56 bits per heavy atom. The van der Waals surface area contributed by atoms with E-state index in [0.29, 0.717) is 17.1 Å². The third-order valence-corrected chi connectivity index (χ3v) is 3.34. The molecule has 1 atom stereocenters. The van der Waals surface area contributed by atoms with E-state index in [2.05, 4.69) is 26.6 Å². The van der Waals surface area contributed by atoms with Gasteiger partial charge in [-0.2, -0.15) is 0 Å². The zero-order valence-electron chi connectivity index (χ0n) is 9.71. The van der Waals surface area contributed by atoms with E-state index in [4.69, 9.17) is 0 Å². The molecular formula is C12H15BrClFN2O. The summed E-state index contributed by atoms with van der Waals surface area (Å²) in [4.78, 5) is 11.7. The number of rotatable bonds is 3. The third kappa shape index (κ3) is 3.93. The molecule has 0 radical (unpaired) electrons. The molecule has 18 heavy (non-hydrogen) atoms. The second-order valence-electron chi connectivity index (χ2n) is 4.13. The standard InChI is InChI=1S/C12H14BrFN2O.ClH/c13-8-3-4-10(11(14)6-8)12(17)16-7-9-2-1-5-15-9;/h3-4,6,9,15H,1-2,5,7H2,(H,16,17);1H. The van der Waals surface area contributed by atoms with E-state index in [1.807, 2.05) is 0 Å². The fourth-order valence-electron chi connectivity index (χ4n) is 1.92. The Balaban J connectivity index is 0.00000162. The summed E-state index contributed by atoms with van der Waals surface area (Å²) in [6.07, 6.45) is 2.19. The number of hydrogen-bond acceptors (Lipinski definition) is 2. The average Bonchev–Trinajstić information content (AvgIpc) is 2.78. The van der Waals surface area contributed by atoms with E-state index < -0.39 is 5.82 Å². The van der Waals surface area contributed by atoms with Gasteiger partial charge in [-0.25, -0.2) is 4.39 Å². The van der Waals surface area contributed by atoms with Crippen LogP contribution in [0.5, 0.6) is 0 Å². The molecule has 2 N–H and O–H groups in total. The molecule has 3 nitrogen and oxygen atoms in total. The summed E-state index contributed by atoms with van der Waals surface area (Å²) in [5, 5.41) is 6.02. The summed E-state index contributed by atoms with van der Waals surface area (Å²) < 4.78 is 14.1. The Morgan fingerprint density at radius 3 is 2.94 bits per heavy atom. The van der Waals surface area contributed by atoms with Crippen LogP contribution in [-0.2, 0) is 0 Å². The number of carbonyl (C=O) groups excluding carboxylic acids is 1. The first-order chi connectivity index (χ1) is 8.16. The Bertz CT molecular complexity index is 425. The Labute approximate surface area is 120 Å². The molecule has 1 aromatic carbocycles. The summed E-state index contributed by atoms with van der Waals surface area (Å²) in [5.41, 5.74) is 0.0891. The van der Waals surface area contributed by atoms with Crippen molar-refractivity contribution in [2.45, 2.75) is 18.9 Å².